The molecule has 0 spiro atoms. The molecule has 0 aliphatic heterocycles. The van der Waals surface area contributed by atoms with Gasteiger partial charge >= 0.3 is 5.69 Å². The standard InChI is InChI=1S/C12H19N3O2/c1-9(10-3-4-10)13-6-8-15-11(16)5-7-14(2)12(15)17/h5,7,9-10,13H,3-4,6,8H2,1-2H3. The van der Waals surface area contributed by atoms with Crippen LogP contribution in [0.15, 0.2) is 21.9 Å². The first-order valence-corrected chi connectivity index (χ1v) is 6.09. The van der Waals surface area contributed by atoms with Crippen molar-refractivity contribution in [3.63, 3.8) is 0 Å². The number of rotatable bonds is 5. The smallest absolute Gasteiger partial charge is 0.312 e. The van der Waals surface area contributed by atoms with Crippen molar-refractivity contribution in [2.75, 3.05) is 6.54 Å². The number of nitrogens with one attached hydrogen (secondary N) is 1. The number of hydrogen-bond acceptors (Lipinski definition) is 3. The predicted molar refractivity (Wildman–Crippen MR) is 66.1 cm³/mol. The van der Waals surface area contributed by atoms with Gasteiger partial charge in [-0.1, -0.05) is 0 Å². The van der Waals surface area contributed by atoms with Gasteiger partial charge in [0, 0.05) is 38.4 Å². The van der Waals surface area contributed by atoms with Gasteiger partial charge in [0.2, 0.25) is 0 Å². The van der Waals surface area contributed by atoms with Crippen molar-refractivity contribution in [2.24, 2.45) is 13.0 Å². The topological polar surface area (TPSA) is 56.0 Å². The quantitative estimate of drug-likeness (QED) is 0.780. The van der Waals surface area contributed by atoms with Crippen LogP contribution in [0.5, 0.6) is 0 Å². The van der Waals surface area contributed by atoms with Crippen LogP contribution >= 0.6 is 0 Å². The number of aryl methyl sites for hydroxylation is 1. The molecule has 1 heterocycles. The lowest BCUT2D eigenvalue weighted by atomic mass is 10.2. The van der Waals surface area contributed by atoms with Crippen LogP contribution in [0.2, 0.25) is 0 Å². The molecule has 1 N–H and O–H groups in total. The molecule has 1 aromatic rings. The fraction of sp³-hybridized carbons (Fsp3) is 0.667. The zero-order chi connectivity index (χ0) is 12.4. The number of nitrogens with zero attached hydrogens (tertiary/aromatic N) is 2. The van der Waals surface area contributed by atoms with Crippen LogP contribution in [0, 0.1) is 5.92 Å². The molecule has 1 atom stereocenters. The van der Waals surface area contributed by atoms with E-state index in [0.717, 1.165) is 5.92 Å². The third kappa shape index (κ3) is 2.85. The van der Waals surface area contributed by atoms with E-state index in [1.165, 1.54) is 34.2 Å². The third-order valence-corrected chi connectivity index (χ3v) is 3.37. The van der Waals surface area contributed by atoms with Gasteiger partial charge in [-0.3, -0.25) is 9.36 Å². The summed E-state index contributed by atoms with van der Waals surface area (Å²) in [6.07, 6.45) is 4.09. The Hall–Kier alpha value is -1.36. The molecule has 1 aromatic heterocycles. The van der Waals surface area contributed by atoms with Crippen molar-refractivity contribution in [2.45, 2.75) is 32.4 Å². The van der Waals surface area contributed by atoms with Crippen LogP contribution in [0.25, 0.3) is 0 Å². The highest BCUT2D eigenvalue weighted by Crippen LogP contribution is 2.32. The van der Waals surface area contributed by atoms with Crippen LogP contribution in [-0.4, -0.2) is 21.7 Å². The molecule has 94 valence electrons. The van der Waals surface area contributed by atoms with Gasteiger partial charge in [-0.15, -0.1) is 0 Å². The first kappa shape index (κ1) is 12.1. The Morgan fingerprint density at radius 1 is 1.47 bits per heavy atom. The van der Waals surface area contributed by atoms with Crippen molar-refractivity contribution < 1.29 is 0 Å². The lowest BCUT2D eigenvalue weighted by Crippen LogP contribution is -2.41. The Bertz CT molecular complexity index is 499. The van der Waals surface area contributed by atoms with E-state index in [-0.39, 0.29) is 11.2 Å². The Kier molecular flexibility index (Phi) is 3.47. The Morgan fingerprint density at radius 3 is 2.82 bits per heavy atom. The van der Waals surface area contributed by atoms with Crippen molar-refractivity contribution in [1.82, 2.24) is 14.5 Å². The summed E-state index contributed by atoms with van der Waals surface area (Å²) in [5.41, 5.74) is -0.479. The van der Waals surface area contributed by atoms with Gasteiger partial charge in [-0.05, 0) is 25.7 Å². The van der Waals surface area contributed by atoms with Crippen LogP contribution in [-0.2, 0) is 13.6 Å². The van der Waals surface area contributed by atoms with Gasteiger partial charge < -0.3 is 9.88 Å². The van der Waals surface area contributed by atoms with Crippen LogP contribution in [0.1, 0.15) is 19.8 Å². The summed E-state index contributed by atoms with van der Waals surface area (Å²) < 4.78 is 2.69. The summed E-state index contributed by atoms with van der Waals surface area (Å²) in [5, 5.41) is 3.36. The van der Waals surface area contributed by atoms with Crippen molar-refractivity contribution in [3.05, 3.63) is 33.1 Å². The number of hydrogen-bond donors (Lipinski definition) is 1. The van der Waals surface area contributed by atoms with E-state index in [2.05, 4.69) is 12.2 Å². The second kappa shape index (κ2) is 4.87. The van der Waals surface area contributed by atoms with Gasteiger partial charge in [-0.25, -0.2) is 4.79 Å². The largest absolute Gasteiger partial charge is 0.330 e. The van der Waals surface area contributed by atoms with E-state index in [9.17, 15) is 9.59 Å². The average molecular weight is 237 g/mol. The monoisotopic (exact) mass is 237 g/mol. The second-order valence-corrected chi connectivity index (χ2v) is 4.78. The average Bonchev–Trinajstić information content (AvgIpc) is 3.12. The maximum absolute atomic E-state index is 11.7. The fourth-order valence-corrected chi connectivity index (χ4v) is 1.99. The molecule has 0 bridgehead atoms. The molecule has 17 heavy (non-hydrogen) atoms. The molecule has 1 aliphatic carbocycles. The van der Waals surface area contributed by atoms with Crippen molar-refractivity contribution >= 4 is 0 Å². The molecule has 1 aliphatic rings. The van der Waals surface area contributed by atoms with Crippen LogP contribution in [0.4, 0.5) is 0 Å². The van der Waals surface area contributed by atoms with Gasteiger partial charge in [0.1, 0.15) is 0 Å². The van der Waals surface area contributed by atoms with E-state index in [4.69, 9.17) is 0 Å². The molecule has 2 rings (SSSR count). The van der Waals surface area contributed by atoms with E-state index in [1.807, 2.05) is 0 Å². The van der Waals surface area contributed by atoms with Crippen LogP contribution < -0.4 is 16.6 Å². The van der Waals surface area contributed by atoms with E-state index in [0.29, 0.717) is 19.1 Å². The molecule has 1 fully saturated rings. The Morgan fingerprint density at radius 2 is 2.18 bits per heavy atom. The van der Waals surface area contributed by atoms with Crippen molar-refractivity contribution in [3.8, 4) is 0 Å². The summed E-state index contributed by atoms with van der Waals surface area (Å²) in [5.74, 6) is 0.783. The van der Waals surface area contributed by atoms with Gasteiger partial charge in [-0.2, -0.15) is 0 Å². The van der Waals surface area contributed by atoms with Gasteiger partial charge in [0.05, 0.1) is 0 Å². The molecular weight excluding hydrogens is 218 g/mol. The highest BCUT2D eigenvalue weighted by molar-refractivity contribution is 4.86. The molecule has 0 amide bonds. The lowest BCUT2D eigenvalue weighted by Gasteiger charge is -2.13. The van der Waals surface area contributed by atoms with Gasteiger partial charge in [0.25, 0.3) is 5.56 Å². The fourth-order valence-electron chi connectivity index (χ4n) is 1.99. The molecular formula is C12H19N3O2. The summed E-state index contributed by atoms with van der Waals surface area (Å²) in [6, 6.07) is 1.91. The molecule has 0 radical (unpaired) electrons. The molecule has 5 nitrogen and oxygen atoms in total. The SMILES string of the molecule is CC(NCCn1c(=O)ccn(C)c1=O)C1CC1. The van der Waals surface area contributed by atoms with Crippen molar-refractivity contribution in [1.29, 1.82) is 0 Å². The van der Waals surface area contributed by atoms with Crippen LogP contribution in [0.3, 0.4) is 0 Å². The Balaban J connectivity index is 1.96. The first-order chi connectivity index (χ1) is 8.09. The minimum atomic E-state index is -0.252. The summed E-state index contributed by atoms with van der Waals surface area (Å²) >= 11 is 0. The maximum Gasteiger partial charge on any atom is 0.330 e. The molecule has 0 saturated heterocycles. The highest BCUT2D eigenvalue weighted by Gasteiger charge is 2.27. The molecule has 5 heteroatoms. The molecule has 0 aromatic carbocycles. The van der Waals surface area contributed by atoms with Gasteiger partial charge in [0.15, 0.2) is 0 Å². The van der Waals surface area contributed by atoms with E-state index >= 15 is 0 Å². The second-order valence-electron chi connectivity index (χ2n) is 4.78. The number of aromatic nitrogens is 2. The Labute approximate surface area is 100 Å². The van der Waals surface area contributed by atoms with E-state index in [1.54, 1.807) is 7.05 Å². The third-order valence-electron chi connectivity index (χ3n) is 3.37. The summed E-state index contributed by atoms with van der Waals surface area (Å²) in [4.78, 5) is 23.2. The normalized spacial score (nSPS) is 17.1. The minimum absolute atomic E-state index is 0.228. The first-order valence-electron chi connectivity index (χ1n) is 6.09. The zero-order valence-electron chi connectivity index (χ0n) is 10.3. The molecule has 1 unspecified atom stereocenters. The predicted octanol–water partition coefficient (Wildman–Crippen LogP) is -0.0649. The maximum atomic E-state index is 11.7. The lowest BCUT2D eigenvalue weighted by molar-refractivity contribution is 0.462. The highest BCUT2D eigenvalue weighted by atomic mass is 16.2. The summed E-state index contributed by atoms with van der Waals surface area (Å²) in [7, 11) is 1.65. The zero-order valence-corrected chi connectivity index (χ0v) is 10.3. The van der Waals surface area contributed by atoms with E-state index < -0.39 is 0 Å². The minimum Gasteiger partial charge on any atom is -0.312 e. The summed E-state index contributed by atoms with van der Waals surface area (Å²) in [6.45, 7) is 3.25. The molecule has 1 saturated carbocycles.